The van der Waals surface area contributed by atoms with E-state index in [1.54, 1.807) is 0 Å². The van der Waals surface area contributed by atoms with Crippen LogP contribution in [0.15, 0.2) is 0 Å². The van der Waals surface area contributed by atoms with E-state index in [9.17, 15) is 4.79 Å². The smallest absolute Gasteiger partial charge is 0.225 e. The first-order valence-electron chi connectivity index (χ1n) is 6.55. The highest BCUT2D eigenvalue weighted by Gasteiger charge is 2.43. The predicted molar refractivity (Wildman–Crippen MR) is 64.8 cm³/mol. The number of fused-ring (bicyclic) bond motifs is 1. The van der Waals surface area contributed by atoms with Gasteiger partial charge in [0.2, 0.25) is 5.91 Å². The third-order valence-electron chi connectivity index (χ3n) is 4.61. The molecule has 92 valence electrons. The van der Waals surface area contributed by atoms with Crippen LogP contribution in [0.1, 0.15) is 33.6 Å². The first-order chi connectivity index (χ1) is 7.50. The molecule has 1 saturated heterocycles. The number of carbonyl (C=O) groups excluding carboxylic acids is 1. The maximum absolute atomic E-state index is 12.2. The molecule has 1 aliphatic heterocycles. The maximum atomic E-state index is 12.2. The maximum Gasteiger partial charge on any atom is 0.225 e. The largest absolute Gasteiger partial charge is 0.342 e. The van der Waals surface area contributed by atoms with E-state index in [1.807, 2.05) is 6.92 Å². The molecule has 2 aliphatic rings. The molecule has 2 fully saturated rings. The van der Waals surface area contributed by atoms with Gasteiger partial charge < -0.3 is 10.6 Å². The predicted octanol–water partition coefficient (Wildman–Crippen LogP) is 1.47. The van der Waals surface area contributed by atoms with E-state index in [4.69, 9.17) is 5.73 Å². The van der Waals surface area contributed by atoms with Crippen LogP contribution in [0.2, 0.25) is 0 Å². The fourth-order valence-electron chi connectivity index (χ4n) is 3.06. The quantitative estimate of drug-likeness (QED) is 0.772. The molecule has 1 aliphatic carbocycles. The van der Waals surface area contributed by atoms with Crippen LogP contribution in [-0.2, 0) is 4.79 Å². The monoisotopic (exact) mass is 224 g/mol. The molecule has 16 heavy (non-hydrogen) atoms. The van der Waals surface area contributed by atoms with E-state index in [0.29, 0.717) is 29.7 Å². The van der Waals surface area contributed by atoms with Crippen LogP contribution < -0.4 is 5.73 Å². The van der Waals surface area contributed by atoms with E-state index in [-0.39, 0.29) is 5.92 Å². The summed E-state index contributed by atoms with van der Waals surface area (Å²) in [6, 6.07) is 0.331. The highest BCUT2D eigenvalue weighted by Crippen LogP contribution is 2.37. The summed E-state index contributed by atoms with van der Waals surface area (Å²) in [6.07, 6.45) is 2.36. The summed E-state index contributed by atoms with van der Waals surface area (Å²) < 4.78 is 0. The molecule has 1 amide bonds. The number of likely N-dealkylation sites (tertiary alicyclic amines) is 1. The number of carbonyl (C=O) groups is 1. The SMILES string of the molecule is CC(C)C(C)C(=O)N1CC2CCC(N)C2C1. The number of amides is 1. The lowest BCUT2D eigenvalue weighted by Crippen LogP contribution is -2.37. The molecule has 1 saturated carbocycles. The van der Waals surface area contributed by atoms with Crippen molar-refractivity contribution in [2.24, 2.45) is 29.4 Å². The van der Waals surface area contributed by atoms with Crippen molar-refractivity contribution in [3.63, 3.8) is 0 Å². The Kier molecular flexibility index (Phi) is 3.24. The van der Waals surface area contributed by atoms with E-state index in [0.717, 1.165) is 19.5 Å². The van der Waals surface area contributed by atoms with Crippen molar-refractivity contribution in [2.75, 3.05) is 13.1 Å². The molecule has 0 radical (unpaired) electrons. The normalized spacial score (nSPS) is 35.6. The molecule has 3 nitrogen and oxygen atoms in total. The van der Waals surface area contributed by atoms with Crippen molar-refractivity contribution in [3.05, 3.63) is 0 Å². The van der Waals surface area contributed by atoms with Crippen LogP contribution in [0.25, 0.3) is 0 Å². The molecule has 2 N–H and O–H groups in total. The minimum atomic E-state index is 0.148. The van der Waals surface area contributed by atoms with Crippen LogP contribution in [0, 0.1) is 23.7 Å². The molecule has 3 heteroatoms. The van der Waals surface area contributed by atoms with Gasteiger partial charge >= 0.3 is 0 Å². The first kappa shape index (κ1) is 11.9. The first-order valence-corrected chi connectivity index (χ1v) is 6.55. The molecule has 0 spiro atoms. The standard InChI is InChI=1S/C13H24N2O/c1-8(2)9(3)13(16)15-6-10-4-5-12(14)11(10)7-15/h8-12H,4-7,14H2,1-3H3. The number of nitrogens with zero attached hydrogens (tertiary/aromatic N) is 1. The molecule has 0 aromatic rings. The third kappa shape index (κ3) is 1.97. The van der Waals surface area contributed by atoms with Crippen molar-refractivity contribution in [1.82, 2.24) is 4.90 Å². The van der Waals surface area contributed by atoms with Gasteiger partial charge in [-0.05, 0) is 30.6 Å². The summed E-state index contributed by atoms with van der Waals surface area (Å²) in [4.78, 5) is 14.3. The van der Waals surface area contributed by atoms with Crippen molar-refractivity contribution in [1.29, 1.82) is 0 Å². The fraction of sp³-hybridized carbons (Fsp3) is 0.923. The molecule has 0 aromatic carbocycles. The third-order valence-corrected chi connectivity index (χ3v) is 4.61. The summed E-state index contributed by atoms with van der Waals surface area (Å²) in [6.45, 7) is 8.13. The summed E-state index contributed by atoms with van der Waals surface area (Å²) in [5.41, 5.74) is 6.08. The second-order valence-electron chi connectivity index (χ2n) is 5.94. The molecule has 4 unspecified atom stereocenters. The van der Waals surface area contributed by atoms with Crippen LogP contribution in [0.4, 0.5) is 0 Å². The number of hydrogen-bond acceptors (Lipinski definition) is 2. The highest BCUT2D eigenvalue weighted by molar-refractivity contribution is 5.79. The van der Waals surface area contributed by atoms with E-state index in [2.05, 4.69) is 18.7 Å². The van der Waals surface area contributed by atoms with E-state index in [1.165, 1.54) is 6.42 Å². The van der Waals surface area contributed by atoms with Crippen LogP contribution in [-0.4, -0.2) is 29.9 Å². The zero-order chi connectivity index (χ0) is 11.9. The zero-order valence-corrected chi connectivity index (χ0v) is 10.6. The summed E-state index contributed by atoms with van der Waals surface area (Å²) in [7, 11) is 0. The average molecular weight is 224 g/mol. The molecule has 1 heterocycles. The Morgan fingerprint density at radius 3 is 2.50 bits per heavy atom. The Morgan fingerprint density at radius 1 is 1.25 bits per heavy atom. The Morgan fingerprint density at radius 2 is 1.94 bits per heavy atom. The Labute approximate surface area is 98.4 Å². The Bertz CT molecular complexity index is 277. The van der Waals surface area contributed by atoms with Crippen molar-refractivity contribution in [3.8, 4) is 0 Å². The van der Waals surface area contributed by atoms with Gasteiger partial charge in [-0.25, -0.2) is 0 Å². The fourth-order valence-corrected chi connectivity index (χ4v) is 3.06. The molecule has 0 bridgehead atoms. The molecule has 4 atom stereocenters. The van der Waals surface area contributed by atoms with Gasteiger partial charge in [0.1, 0.15) is 0 Å². The van der Waals surface area contributed by atoms with Gasteiger partial charge in [0, 0.05) is 25.0 Å². The lowest BCUT2D eigenvalue weighted by molar-refractivity contribution is -0.135. The van der Waals surface area contributed by atoms with Crippen molar-refractivity contribution in [2.45, 2.75) is 39.7 Å². The van der Waals surface area contributed by atoms with Crippen LogP contribution in [0.3, 0.4) is 0 Å². The number of hydrogen-bond donors (Lipinski definition) is 1. The molecular weight excluding hydrogens is 200 g/mol. The van der Waals surface area contributed by atoms with Gasteiger partial charge in [0.15, 0.2) is 0 Å². The molecular formula is C13H24N2O. The topological polar surface area (TPSA) is 46.3 Å². The molecule has 2 rings (SSSR count). The van der Waals surface area contributed by atoms with Gasteiger partial charge in [-0.1, -0.05) is 20.8 Å². The summed E-state index contributed by atoms with van der Waals surface area (Å²) >= 11 is 0. The summed E-state index contributed by atoms with van der Waals surface area (Å²) in [5.74, 6) is 2.16. The average Bonchev–Trinajstić information content (AvgIpc) is 2.79. The highest BCUT2D eigenvalue weighted by atomic mass is 16.2. The zero-order valence-electron chi connectivity index (χ0n) is 10.6. The second-order valence-corrected chi connectivity index (χ2v) is 5.94. The van der Waals surface area contributed by atoms with Crippen molar-refractivity contribution >= 4 is 5.91 Å². The Balaban J connectivity index is 1.96. The Hall–Kier alpha value is -0.570. The lowest BCUT2D eigenvalue weighted by atomic mass is 9.96. The van der Waals surface area contributed by atoms with Crippen LogP contribution >= 0.6 is 0 Å². The van der Waals surface area contributed by atoms with Gasteiger partial charge in [-0.15, -0.1) is 0 Å². The lowest BCUT2D eigenvalue weighted by Gasteiger charge is -2.24. The minimum absolute atomic E-state index is 0.148. The number of nitrogens with two attached hydrogens (primary N) is 1. The van der Waals surface area contributed by atoms with Gasteiger partial charge in [0.05, 0.1) is 0 Å². The van der Waals surface area contributed by atoms with Gasteiger partial charge in [-0.3, -0.25) is 4.79 Å². The second kappa shape index (κ2) is 4.36. The summed E-state index contributed by atoms with van der Waals surface area (Å²) in [5, 5.41) is 0. The van der Waals surface area contributed by atoms with Crippen molar-refractivity contribution < 1.29 is 4.79 Å². The van der Waals surface area contributed by atoms with E-state index < -0.39 is 0 Å². The van der Waals surface area contributed by atoms with Crippen LogP contribution in [0.5, 0.6) is 0 Å². The minimum Gasteiger partial charge on any atom is -0.342 e. The van der Waals surface area contributed by atoms with E-state index >= 15 is 0 Å². The van der Waals surface area contributed by atoms with Gasteiger partial charge in [-0.2, -0.15) is 0 Å². The number of rotatable bonds is 2. The molecule has 0 aromatic heterocycles. The van der Waals surface area contributed by atoms with Gasteiger partial charge in [0.25, 0.3) is 0 Å².